The Hall–Kier alpha value is -3.07. The number of sulfonamides is 1. The number of nitrogens with zero attached hydrogens (tertiary/aromatic N) is 2. The zero-order chi connectivity index (χ0) is 24.4. The summed E-state index contributed by atoms with van der Waals surface area (Å²) in [7, 11) is -0.385. The minimum absolute atomic E-state index is 0.107. The van der Waals surface area contributed by atoms with Gasteiger partial charge in [0, 0.05) is 26.6 Å². The largest absolute Gasteiger partial charge is 0.497 e. The average molecular weight is 476 g/mol. The lowest BCUT2D eigenvalue weighted by molar-refractivity contribution is -0.141. The van der Waals surface area contributed by atoms with E-state index in [1.54, 1.807) is 43.3 Å². The molecule has 0 saturated carbocycles. The topological polar surface area (TPSA) is 96.0 Å². The monoisotopic (exact) mass is 475 g/mol. The van der Waals surface area contributed by atoms with Gasteiger partial charge in [-0.25, -0.2) is 8.42 Å². The van der Waals surface area contributed by atoms with Crippen LogP contribution in [0.1, 0.15) is 31.7 Å². The number of benzene rings is 2. The first-order chi connectivity index (χ1) is 15.7. The maximum absolute atomic E-state index is 13.2. The molecule has 1 atom stereocenters. The molecule has 180 valence electrons. The third-order valence-corrected chi connectivity index (χ3v) is 6.51. The van der Waals surface area contributed by atoms with E-state index in [4.69, 9.17) is 4.74 Å². The number of rotatable bonds is 12. The molecule has 2 aromatic carbocycles. The second kappa shape index (κ2) is 12.2. The summed E-state index contributed by atoms with van der Waals surface area (Å²) in [5.74, 6) is 0.213. The molecule has 0 saturated heterocycles. The van der Waals surface area contributed by atoms with E-state index in [0.717, 1.165) is 11.8 Å². The standard InChI is InChI=1S/C24H33N3O5S/c1-5-22(24(29)25-2)26(18-19-11-9-14-21(17-19)32-3)23(28)15-10-16-27(33(4,30)31)20-12-7-6-8-13-20/h6-9,11-14,17,22H,5,10,15-16,18H2,1-4H3,(H,25,29). The number of carbonyl (C=O) groups excluding carboxylic acids is 2. The highest BCUT2D eigenvalue weighted by atomic mass is 32.2. The summed E-state index contributed by atoms with van der Waals surface area (Å²) >= 11 is 0. The van der Waals surface area contributed by atoms with Crippen LogP contribution in [-0.2, 0) is 26.2 Å². The molecule has 2 aromatic rings. The molecular weight excluding hydrogens is 442 g/mol. The number of carbonyl (C=O) groups is 2. The smallest absolute Gasteiger partial charge is 0.242 e. The van der Waals surface area contributed by atoms with Crippen LogP contribution in [0.3, 0.4) is 0 Å². The van der Waals surface area contributed by atoms with Gasteiger partial charge in [0.2, 0.25) is 21.8 Å². The van der Waals surface area contributed by atoms with Crippen molar-refractivity contribution in [2.24, 2.45) is 0 Å². The first-order valence-electron chi connectivity index (χ1n) is 10.9. The summed E-state index contributed by atoms with van der Waals surface area (Å²) in [5.41, 5.74) is 1.39. The second-order valence-electron chi connectivity index (χ2n) is 7.69. The van der Waals surface area contributed by atoms with Crippen molar-refractivity contribution in [2.45, 2.75) is 38.8 Å². The fourth-order valence-electron chi connectivity index (χ4n) is 3.65. The molecule has 2 rings (SSSR count). The predicted octanol–water partition coefficient (Wildman–Crippen LogP) is 2.79. The van der Waals surface area contributed by atoms with E-state index in [0.29, 0.717) is 24.3 Å². The van der Waals surface area contributed by atoms with Crippen molar-refractivity contribution in [3.05, 3.63) is 60.2 Å². The second-order valence-corrected chi connectivity index (χ2v) is 9.59. The van der Waals surface area contributed by atoms with Gasteiger partial charge in [0.15, 0.2) is 0 Å². The van der Waals surface area contributed by atoms with Gasteiger partial charge in [-0.2, -0.15) is 0 Å². The number of nitrogens with one attached hydrogen (secondary N) is 1. The van der Waals surface area contributed by atoms with Crippen LogP contribution < -0.4 is 14.4 Å². The van der Waals surface area contributed by atoms with Crippen LogP contribution in [0.2, 0.25) is 0 Å². The molecule has 0 aromatic heterocycles. The zero-order valence-electron chi connectivity index (χ0n) is 19.7. The van der Waals surface area contributed by atoms with Crippen molar-refractivity contribution in [2.75, 3.05) is 31.3 Å². The third kappa shape index (κ3) is 7.49. The van der Waals surface area contributed by atoms with E-state index in [1.165, 1.54) is 4.31 Å². The van der Waals surface area contributed by atoms with Gasteiger partial charge in [-0.3, -0.25) is 13.9 Å². The van der Waals surface area contributed by atoms with Crippen LogP contribution in [-0.4, -0.2) is 58.1 Å². The molecule has 0 bridgehead atoms. The fraction of sp³-hybridized carbons (Fsp3) is 0.417. The third-order valence-electron chi connectivity index (χ3n) is 5.32. The van der Waals surface area contributed by atoms with Crippen molar-refractivity contribution in [1.29, 1.82) is 0 Å². The molecular formula is C24H33N3O5S. The number of amides is 2. The van der Waals surface area contributed by atoms with Crippen LogP contribution in [0.15, 0.2) is 54.6 Å². The van der Waals surface area contributed by atoms with Crippen LogP contribution in [0.25, 0.3) is 0 Å². The van der Waals surface area contributed by atoms with Crippen LogP contribution in [0.5, 0.6) is 5.75 Å². The lowest BCUT2D eigenvalue weighted by Gasteiger charge is -2.31. The summed E-state index contributed by atoms with van der Waals surface area (Å²) in [5, 5.41) is 2.63. The van der Waals surface area contributed by atoms with E-state index in [2.05, 4.69) is 5.32 Å². The zero-order valence-corrected chi connectivity index (χ0v) is 20.5. The fourth-order valence-corrected chi connectivity index (χ4v) is 4.62. The molecule has 0 heterocycles. The van der Waals surface area contributed by atoms with Crippen molar-refractivity contribution in [3.8, 4) is 5.75 Å². The molecule has 0 fully saturated rings. The maximum atomic E-state index is 13.2. The minimum atomic E-state index is -3.50. The Balaban J connectivity index is 2.18. The van der Waals surface area contributed by atoms with Crippen molar-refractivity contribution < 1.29 is 22.7 Å². The highest BCUT2D eigenvalue weighted by molar-refractivity contribution is 7.92. The number of ether oxygens (including phenoxy) is 1. The van der Waals surface area contributed by atoms with E-state index < -0.39 is 16.1 Å². The number of hydrogen-bond acceptors (Lipinski definition) is 5. The van der Waals surface area contributed by atoms with Gasteiger partial charge < -0.3 is 15.0 Å². The van der Waals surface area contributed by atoms with Gasteiger partial charge in [0.25, 0.3) is 0 Å². The van der Waals surface area contributed by atoms with Gasteiger partial charge in [0.05, 0.1) is 19.1 Å². The Morgan fingerprint density at radius 1 is 1.09 bits per heavy atom. The molecule has 0 aliphatic carbocycles. The summed E-state index contributed by atoms with van der Waals surface area (Å²) in [4.78, 5) is 27.3. The Labute approximate surface area is 196 Å². The molecule has 1 unspecified atom stereocenters. The van der Waals surface area contributed by atoms with Crippen molar-refractivity contribution in [3.63, 3.8) is 0 Å². The Morgan fingerprint density at radius 2 is 1.79 bits per heavy atom. The van der Waals surface area contributed by atoms with Gasteiger partial charge in [-0.05, 0) is 42.7 Å². The minimum Gasteiger partial charge on any atom is -0.497 e. The molecule has 33 heavy (non-hydrogen) atoms. The summed E-state index contributed by atoms with van der Waals surface area (Å²) in [6, 6.07) is 15.5. The highest BCUT2D eigenvalue weighted by Gasteiger charge is 2.28. The molecule has 0 aliphatic rings. The number of para-hydroxylation sites is 1. The predicted molar refractivity (Wildman–Crippen MR) is 130 cm³/mol. The van der Waals surface area contributed by atoms with E-state index in [-0.39, 0.29) is 31.3 Å². The first kappa shape index (κ1) is 26.2. The molecule has 0 spiro atoms. The average Bonchev–Trinajstić information content (AvgIpc) is 2.81. The van der Waals surface area contributed by atoms with Crippen LogP contribution in [0, 0.1) is 0 Å². The van der Waals surface area contributed by atoms with Crippen molar-refractivity contribution in [1.82, 2.24) is 10.2 Å². The molecule has 0 aliphatic heterocycles. The van der Waals surface area contributed by atoms with E-state index >= 15 is 0 Å². The van der Waals surface area contributed by atoms with Gasteiger partial charge in [-0.1, -0.05) is 37.3 Å². The van der Waals surface area contributed by atoms with E-state index in [1.807, 2.05) is 37.3 Å². The van der Waals surface area contributed by atoms with Crippen LogP contribution >= 0.6 is 0 Å². The summed E-state index contributed by atoms with van der Waals surface area (Å²) in [6.45, 7) is 2.27. The summed E-state index contributed by atoms with van der Waals surface area (Å²) < 4.78 is 31.1. The number of hydrogen-bond donors (Lipinski definition) is 1. The number of anilines is 1. The Morgan fingerprint density at radius 3 is 2.36 bits per heavy atom. The van der Waals surface area contributed by atoms with Gasteiger partial charge >= 0.3 is 0 Å². The maximum Gasteiger partial charge on any atom is 0.242 e. The van der Waals surface area contributed by atoms with Gasteiger partial charge in [0.1, 0.15) is 11.8 Å². The molecule has 2 amide bonds. The van der Waals surface area contributed by atoms with Crippen LogP contribution in [0.4, 0.5) is 5.69 Å². The van der Waals surface area contributed by atoms with Gasteiger partial charge in [-0.15, -0.1) is 0 Å². The quantitative estimate of drug-likeness (QED) is 0.509. The normalized spacial score (nSPS) is 12.0. The van der Waals surface area contributed by atoms with Crippen molar-refractivity contribution >= 4 is 27.5 Å². The first-order valence-corrected chi connectivity index (χ1v) is 12.7. The van der Waals surface area contributed by atoms with E-state index in [9.17, 15) is 18.0 Å². The molecule has 9 heteroatoms. The summed E-state index contributed by atoms with van der Waals surface area (Å²) in [6.07, 6.45) is 2.03. The molecule has 1 N–H and O–H groups in total. The molecule has 8 nitrogen and oxygen atoms in total. The lowest BCUT2D eigenvalue weighted by atomic mass is 10.1. The Kier molecular flexibility index (Phi) is 9.72. The number of likely N-dealkylation sites (N-methyl/N-ethyl adjacent to an activating group) is 1. The Bertz CT molecular complexity index is 1030. The lowest BCUT2D eigenvalue weighted by Crippen LogP contribution is -2.48. The molecule has 0 radical (unpaired) electrons. The SMILES string of the molecule is CCC(C(=O)NC)N(Cc1cccc(OC)c1)C(=O)CCCN(c1ccccc1)S(C)(=O)=O. The number of methoxy groups -OCH3 is 1. The highest BCUT2D eigenvalue weighted by Crippen LogP contribution is 2.20.